The van der Waals surface area contributed by atoms with E-state index in [9.17, 15) is 0 Å². The van der Waals surface area contributed by atoms with Gasteiger partial charge < -0.3 is 0 Å². The van der Waals surface area contributed by atoms with Crippen molar-refractivity contribution in [2.45, 2.75) is 23.6 Å². The minimum absolute atomic E-state index is 0.978. The quantitative estimate of drug-likeness (QED) is 0.689. The molecule has 90 valence electrons. The molecule has 0 spiro atoms. The Kier molecular flexibility index (Phi) is 3.06. The van der Waals surface area contributed by atoms with Crippen LogP contribution in [0.2, 0.25) is 0 Å². The molecule has 0 bridgehead atoms. The Labute approximate surface area is 114 Å². The zero-order valence-corrected chi connectivity index (χ0v) is 11.8. The average Bonchev–Trinajstić information content (AvgIpc) is 2.81. The van der Waals surface area contributed by atoms with Gasteiger partial charge in [-0.2, -0.15) is 8.75 Å². The van der Waals surface area contributed by atoms with Crippen LogP contribution in [0.5, 0.6) is 0 Å². The van der Waals surface area contributed by atoms with E-state index >= 15 is 0 Å². The number of fused-ring (bicyclic) bond motifs is 1. The zero-order chi connectivity index (χ0) is 12.5. The minimum atomic E-state index is 0.978. The lowest BCUT2D eigenvalue weighted by molar-refractivity contribution is 1.21. The van der Waals surface area contributed by atoms with Gasteiger partial charge >= 0.3 is 0 Å². The van der Waals surface area contributed by atoms with Gasteiger partial charge in [0.15, 0.2) is 0 Å². The van der Waals surface area contributed by atoms with E-state index in [4.69, 9.17) is 0 Å². The highest BCUT2D eigenvalue weighted by Crippen LogP contribution is 2.33. The SMILES string of the molecule is Cc1cccc(C)c1Sc1ccc2nsnc2c1. The third kappa shape index (κ3) is 2.13. The Morgan fingerprint density at radius 2 is 1.67 bits per heavy atom. The first-order valence-electron chi connectivity index (χ1n) is 5.70. The van der Waals surface area contributed by atoms with Gasteiger partial charge in [0.05, 0.1) is 11.7 Å². The van der Waals surface area contributed by atoms with Gasteiger partial charge in [0.2, 0.25) is 0 Å². The fourth-order valence-electron chi connectivity index (χ4n) is 1.90. The lowest BCUT2D eigenvalue weighted by atomic mass is 10.2. The molecule has 1 heterocycles. The highest BCUT2D eigenvalue weighted by Gasteiger charge is 2.06. The fourth-order valence-corrected chi connectivity index (χ4v) is 3.42. The second-order valence-electron chi connectivity index (χ2n) is 4.24. The molecule has 2 nitrogen and oxygen atoms in total. The molecule has 3 rings (SSSR count). The van der Waals surface area contributed by atoms with Gasteiger partial charge in [-0.15, -0.1) is 0 Å². The van der Waals surface area contributed by atoms with Gasteiger partial charge in [-0.3, -0.25) is 0 Å². The Morgan fingerprint density at radius 1 is 0.944 bits per heavy atom. The Hall–Kier alpha value is -1.39. The first-order valence-corrected chi connectivity index (χ1v) is 7.25. The van der Waals surface area contributed by atoms with Crippen LogP contribution in [0.15, 0.2) is 46.2 Å². The second-order valence-corrected chi connectivity index (χ2v) is 5.85. The summed E-state index contributed by atoms with van der Waals surface area (Å²) in [6.07, 6.45) is 0. The smallest absolute Gasteiger partial charge is 0.105 e. The van der Waals surface area contributed by atoms with E-state index in [1.54, 1.807) is 11.8 Å². The van der Waals surface area contributed by atoms with Crippen LogP contribution in [0.25, 0.3) is 11.0 Å². The standard InChI is InChI=1S/C14H12N2S2/c1-9-4-3-5-10(2)14(9)17-11-6-7-12-13(8-11)16-18-15-12/h3-8H,1-2H3. The van der Waals surface area contributed by atoms with E-state index in [0.29, 0.717) is 0 Å². The molecule has 4 heteroatoms. The van der Waals surface area contributed by atoms with Crippen LogP contribution < -0.4 is 0 Å². The van der Waals surface area contributed by atoms with Crippen LogP contribution in [0.4, 0.5) is 0 Å². The Bertz CT molecular complexity index is 684. The molecule has 0 saturated heterocycles. The van der Waals surface area contributed by atoms with Crippen molar-refractivity contribution in [2.75, 3.05) is 0 Å². The normalized spacial score (nSPS) is 11.0. The van der Waals surface area contributed by atoms with Crippen molar-refractivity contribution in [3.63, 3.8) is 0 Å². The van der Waals surface area contributed by atoms with Crippen LogP contribution in [0, 0.1) is 13.8 Å². The highest BCUT2D eigenvalue weighted by atomic mass is 32.2. The fraction of sp³-hybridized carbons (Fsp3) is 0.143. The van der Waals surface area contributed by atoms with Gasteiger partial charge in [0, 0.05) is 9.79 Å². The Morgan fingerprint density at radius 3 is 2.44 bits per heavy atom. The topological polar surface area (TPSA) is 25.8 Å². The van der Waals surface area contributed by atoms with Crippen LogP contribution in [0.3, 0.4) is 0 Å². The average molecular weight is 272 g/mol. The summed E-state index contributed by atoms with van der Waals surface area (Å²) in [4.78, 5) is 2.55. The van der Waals surface area contributed by atoms with Gasteiger partial charge in [-0.1, -0.05) is 30.0 Å². The molecule has 0 aliphatic rings. The van der Waals surface area contributed by atoms with Gasteiger partial charge in [-0.05, 0) is 43.2 Å². The predicted octanol–water partition coefficient (Wildman–Crippen LogP) is 4.46. The minimum Gasteiger partial charge on any atom is -0.173 e. The number of hydrogen-bond donors (Lipinski definition) is 0. The molecule has 0 unspecified atom stereocenters. The number of aromatic nitrogens is 2. The summed E-state index contributed by atoms with van der Waals surface area (Å²) in [5.41, 5.74) is 4.59. The summed E-state index contributed by atoms with van der Waals surface area (Å²) in [7, 11) is 0. The summed E-state index contributed by atoms with van der Waals surface area (Å²) in [6, 6.07) is 12.7. The number of aryl methyl sites for hydroxylation is 2. The molecule has 0 fully saturated rings. The van der Waals surface area contributed by atoms with Crippen LogP contribution in [-0.4, -0.2) is 8.75 Å². The van der Waals surface area contributed by atoms with E-state index in [2.05, 4.69) is 52.9 Å². The predicted molar refractivity (Wildman–Crippen MR) is 77.5 cm³/mol. The molecule has 0 amide bonds. The van der Waals surface area contributed by atoms with Crippen molar-refractivity contribution in [3.05, 3.63) is 47.5 Å². The third-order valence-corrected chi connectivity index (χ3v) is 4.75. The molecule has 0 aliphatic heterocycles. The number of hydrogen-bond acceptors (Lipinski definition) is 4. The molecule has 18 heavy (non-hydrogen) atoms. The molecule has 0 aliphatic carbocycles. The van der Waals surface area contributed by atoms with E-state index in [1.165, 1.54) is 32.6 Å². The third-order valence-electron chi connectivity index (χ3n) is 2.85. The summed E-state index contributed by atoms with van der Waals surface area (Å²) in [6.45, 7) is 4.30. The van der Waals surface area contributed by atoms with Crippen LogP contribution >= 0.6 is 23.5 Å². The second kappa shape index (κ2) is 4.71. The van der Waals surface area contributed by atoms with Gasteiger partial charge in [0.1, 0.15) is 11.0 Å². The van der Waals surface area contributed by atoms with Crippen molar-refractivity contribution < 1.29 is 0 Å². The lowest BCUT2D eigenvalue weighted by Gasteiger charge is -2.08. The van der Waals surface area contributed by atoms with Crippen molar-refractivity contribution in [1.82, 2.24) is 8.75 Å². The molecule has 0 N–H and O–H groups in total. The monoisotopic (exact) mass is 272 g/mol. The van der Waals surface area contributed by atoms with E-state index in [-0.39, 0.29) is 0 Å². The van der Waals surface area contributed by atoms with Crippen molar-refractivity contribution >= 4 is 34.5 Å². The molecule has 0 radical (unpaired) electrons. The molecule has 2 aromatic carbocycles. The summed E-state index contributed by atoms with van der Waals surface area (Å²) >= 11 is 3.06. The summed E-state index contributed by atoms with van der Waals surface area (Å²) < 4.78 is 8.51. The van der Waals surface area contributed by atoms with E-state index in [0.717, 1.165) is 11.0 Å². The summed E-state index contributed by atoms with van der Waals surface area (Å²) in [5, 5.41) is 0. The van der Waals surface area contributed by atoms with Crippen LogP contribution in [0.1, 0.15) is 11.1 Å². The molecule has 0 atom stereocenters. The van der Waals surface area contributed by atoms with Crippen molar-refractivity contribution in [3.8, 4) is 0 Å². The van der Waals surface area contributed by atoms with Gasteiger partial charge in [-0.25, -0.2) is 0 Å². The molecular weight excluding hydrogens is 260 g/mol. The molecular formula is C14H12N2S2. The lowest BCUT2D eigenvalue weighted by Crippen LogP contribution is -1.84. The van der Waals surface area contributed by atoms with Gasteiger partial charge in [0.25, 0.3) is 0 Å². The van der Waals surface area contributed by atoms with E-state index < -0.39 is 0 Å². The first-order chi connectivity index (χ1) is 8.74. The van der Waals surface area contributed by atoms with Crippen molar-refractivity contribution in [2.24, 2.45) is 0 Å². The number of rotatable bonds is 2. The molecule has 0 saturated carbocycles. The van der Waals surface area contributed by atoms with Crippen molar-refractivity contribution in [1.29, 1.82) is 0 Å². The molecule has 1 aromatic heterocycles. The summed E-state index contributed by atoms with van der Waals surface area (Å²) in [5.74, 6) is 0. The maximum Gasteiger partial charge on any atom is 0.105 e. The molecule has 3 aromatic rings. The van der Waals surface area contributed by atoms with E-state index in [1.807, 2.05) is 6.07 Å². The van der Waals surface area contributed by atoms with Crippen LogP contribution in [-0.2, 0) is 0 Å². The first kappa shape index (κ1) is 11.7. The Balaban J connectivity index is 2.00. The highest BCUT2D eigenvalue weighted by molar-refractivity contribution is 7.99. The zero-order valence-electron chi connectivity index (χ0n) is 10.2. The number of benzene rings is 2. The maximum atomic E-state index is 4.28. The largest absolute Gasteiger partial charge is 0.173 e. The maximum absolute atomic E-state index is 4.28. The number of nitrogens with zero attached hydrogens (tertiary/aromatic N) is 2.